The maximum Gasteiger partial charge on any atom is 0.322 e. The summed E-state index contributed by atoms with van der Waals surface area (Å²) >= 11 is 0. The Morgan fingerprint density at radius 3 is 2.80 bits per heavy atom. The van der Waals surface area contributed by atoms with Crippen LogP contribution in [-0.4, -0.2) is 45.0 Å². The zero-order chi connectivity index (χ0) is 17.8. The second kappa shape index (κ2) is 7.00. The number of aromatic nitrogens is 3. The third-order valence-electron chi connectivity index (χ3n) is 3.59. The van der Waals surface area contributed by atoms with E-state index in [1.54, 1.807) is 24.4 Å². The highest BCUT2D eigenvalue weighted by molar-refractivity contribution is 5.96. The summed E-state index contributed by atoms with van der Waals surface area (Å²) in [5, 5.41) is 15.2. The number of anilines is 1. The molecule has 3 heterocycles. The number of H-pyrrole nitrogens is 1. The number of hydrogen-bond donors (Lipinski definition) is 4. The molecule has 3 rings (SSSR count). The first-order chi connectivity index (χ1) is 12.1. The van der Waals surface area contributed by atoms with Crippen molar-refractivity contribution in [3.63, 3.8) is 0 Å². The highest BCUT2D eigenvalue weighted by Gasteiger charge is 2.12. The minimum Gasteiger partial charge on any atom is -0.480 e. The van der Waals surface area contributed by atoms with E-state index in [2.05, 4.69) is 25.6 Å². The quantitative estimate of drug-likeness (QED) is 0.544. The van der Waals surface area contributed by atoms with Gasteiger partial charge in [-0.2, -0.15) is 0 Å². The molecule has 8 nitrogen and oxygen atoms in total. The fraction of sp³-hybridized carbons (Fsp3) is 0.176. The number of fused-ring (bicyclic) bond motifs is 1. The number of amides is 1. The van der Waals surface area contributed by atoms with Crippen LogP contribution in [0.15, 0.2) is 36.7 Å². The third kappa shape index (κ3) is 3.57. The largest absolute Gasteiger partial charge is 0.480 e. The number of carbonyl (C=O) groups excluding carboxylic acids is 1. The summed E-state index contributed by atoms with van der Waals surface area (Å²) in [7, 11) is 0. The summed E-state index contributed by atoms with van der Waals surface area (Å²) in [5.41, 5.74) is 2.56. The number of carbonyl (C=O) groups is 2. The number of aromatic amines is 1. The van der Waals surface area contributed by atoms with Gasteiger partial charge in [0.05, 0.1) is 11.3 Å². The van der Waals surface area contributed by atoms with Crippen LogP contribution in [0.1, 0.15) is 17.3 Å². The average Bonchev–Trinajstić information content (AvgIpc) is 3.08. The Labute approximate surface area is 143 Å². The molecule has 128 valence electrons. The third-order valence-corrected chi connectivity index (χ3v) is 3.59. The zero-order valence-electron chi connectivity index (χ0n) is 13.5. The minimum atomic E-state index is -0.973. The van der Waals surface area contributed by atoms with Crippen LogP contribution >= 0.6 is 0 Å². The van der Waals surface area contributed by atoms with Crippen molar-refractivity contribution in [2.24, 2.45) is 0 Å². The Morgan fingerprint density at radius 2 is 2.12 bits per heavy atom. The maximum atomic E-state index is 11.8. The van der Waals surface area contributed by atoms with Crippen LogP contribution in [0.25, 0.3) is 22.3 Å². The van der Waals surface area contributed by atoms with Gasteiger partial charge < -0.3 is 20.7 Å². The fourth-order valence-electron chi connectivity index (χ4n) is 2.46. The molecule has 0 bridgehead atoms. The fourth-order valence-corrected chi connectivity index (χ4v) is 2.46. The van der Waals surface area contributed by atoms with E-state index in [4.69, 9.17) is 5.11 Å². The molecule has 0 atom stereocenters. The van der Waals surface area contributed by atoms with Crippen LogP contribution in [0.3, 0.4) is 0 Å². The van der Waals surface area contributed by atoms with Gasteiger partial charge in [-0.1, -0.05) is 0 Å². The van der Waals surface area contributed by atoms with Crippen molar-refractivity contribution < 1.29 is 14.7 Å². The lowest BCUT2D eigenvalue weighted by Crippen LogP contribution is -2.22. The predicted molar refractivity (Wildman–Crippen MR) is 93.5 cm³/mol. The van der Waals surface area contributed by atoms with Crippen LogP contribution in [0.5, 0.6) is 0 Å². The first-order valence-electron chi connectivity index (χ1n) is 7.77. The normalized spacial score (nSPS) is 10.6. The molecule has 8 heteroatoms. The molecule has 0 radical (unpaired) electrons. The van der Waals surface area contributed by atoms with E-state index in [0.717, 1.165) is 10.9 Å². The Morgan fingerprint density at radius 1 is 1.28 bits per heavy atom. The van der Waals surface area contributed by atoms with Crippen LogP contribution in [0.2, 0.25) is 0 Å². The van der Waals surface area contributed by atoms with E-state index in [0.29, 0.717) is 29.3 Å². The number of nitrogens with one attached hydrogen (secondary N) is 3. The second-order valence-electron chi connectivity index (χ2n) is 5.33. The number of nitrogens with zero attached hydrogens (tertiary/aromatic N) is 2. The molecule has 3 aromatic heterocycles. The van der Waals surface area contributed by atoms with Crippen molar-refractivity contribution in [2.75, 3.05) is 18.4 Å². The van der Waals surface area contributed by atoms with Gasteiger partial charge in [-0.25, -0.2) is 4.98 Å². The molecule has 3 aromatic rings. The lowest BCUT2D eigenvalue weighted by atomic mass is 10.1. The highest BCUT2D eigenvalue weighted by atomic mass is 16.4. The standard InChI is InChI=1S/C17H17N5O3/c1-2-18-17(25)10-3-4-13(20-8-10)12-7-14(21-9-15(23)24)22-16-11(12)5-6-19-16/h3-8H,2,9H2,1H3,(H,18,25)(H,23,24)(H2,19,21,22). The van der Waals surface area contributed by atoms with E-state index < -0.39 is 5.97 Å². The van der Waals surface area contributed by atoms with Gasteiger partial charge in [0.25, 0.3) is 5.91 Å². The van der Waals surface area contributed by atoms with Gasteiger partial charge >= 0.3 is 5.97 Å². The molecule has 0 saturated carbocycles. The first-order valence-corrected chi connectivity index (χ1v) is 7.77. The molecule has 0 aliphatic rings. The average molecular weight is 339 g/mol. The molecule has 1 amide bonds. The summed E-state index contributed by atoms with van der Waals surface area (Å²) < 4.78 is 0. The highest BCUT2D eigenvalue weighted by Crippen LogP contribution is 2.28. The predicted octanol–water partition coefficient (Wildman–Crippen LogP) is 1.87. The smallest absolute Gasteiger partial charge is 0.322 e. The van der Waals surface area contributed by atoms with Crippen LogP contribution in [0.4, 0.5) is 5.82 Å². The summed E-state index contributed by atoms with van der Waals surface area (Å²) in [6.07, 6.45) is 3.27. The molecule has 0 spiro atoms. The Kier molecular flexibility index (Phi) is 4.60. The molecule has 0 aliphatic carbocycles. The number of pyridine rings is 2. The molecule has 0 unspecified atom stereocenters. The van der Waals surface area contributed by atoms with Gasteiger partial charge in [-0.3, -0.25) is 14.6 Å². The van der Waals surface area contributed by atoms with Crippen molar-refractivity contribution in [2.45, 2.75) is 6.92 Å². The molecular weight excluding hydrogens is 322 g/mol. The molecule has 0 aliphatic heterocycles. The first kappa shape index (κ1) is 16.4. The molecule has 0 aromatic carbocycles. The van der Waals surface area contributed by atoms with Gasteiger partial charge in [0, 0.05) is 29.9 Å². The van der Waals surface area contributed by atoms with E-state index in [1.807, 2.05) is 13.0 Å². The summed E-state index contributed by atoms with van der Waals surface area (Å²) in [6, 6.07) is 7.08. The van der Waals surface area contributed by atoms with Crippen LogP contribution in [-0.2, 0) is 4.79 Å². The van der Waals surface area contributed by atoms with E-state index in [-0.39, 0.29) is 12.5 Å². The molecule has 0 fully saturated rings. The van der Waals surface area contributed by atoms with Crippen LogP contribution in [0, 0.1) is 0 Å². The minimum absolute atomic E-state index is 0.174. The molecule has 0 saturated heterocycles. The summed E-state index contributed by atoms with van der Waals surface area (Å²) in [5.74, 6) is -0.715. The van der Waals surface area contributed by atoms with Crippen molar-refractivity contribution in [1.82, 2.24) is 20.3 Å². The van der Waals surface area contributed by atoms with Gasteiger partial charge in [-0.15, -0.1) is 0 Å². The Bertz CT molecular complexity index is 918. The van der Waals surface area contributed by atoms with Crippen molar-refractivity contribution in [3.05, 3.63) is 42.2 Å². The number of rotatable bonds is 6. The zero-order valence-corrected chi connectivity index (χ0v) is 13.5. The van der Waals surface area contributed by atoms with Gasteiger partial charge in [0.2, 0.25) is 0 Å². The lowest BCUT2D eigenvalue weighted by Gasteiger charge is -2.08. The number of aliphatic carboxylic acids is 1. The topological polar surface area (TPSA) is 120 Å². The SMILES string of the molecule is CCNC(=O)c1ccc(-c2cc(NCC(=O)O)nc3[nH]ccc23)nc1. The molecular formula is C17H17N5O3. The number of hydrogen-bond acceptors (Lipinski definition) is 5. The lowest BCUT2D eigenvalue weighted by molar-refractivity contribution is -0.134. The van der Waals surface area contributed by atoms with Gasteiger partial charge in [-0.05, 0) is 31.2 Å². The van der Waals surface area contributed by atoms with Crippen LogP contribution < -0.4 is 10.6 Å². The van der Waals surface area contributed by atoms with Gasteiger partial charge in [0.1, 0.15) is 18.0 Å². The summed E-state index contributed by atoms with van der Waals surface area (Å²) in [6.45, 7) is 2.17. The maximum absolute atomic E-state index is 11.8. The number of carboxylic acids is 1. The van der Waals surface area contributed by atoms with Crippen molar-refractivity contribution in [3.8, 4) is 11.3 Å². The van der Waals surface area contributed by atoms with E-state index in [9.17, 15) is 9.59 Å². The second-order valence-corrected chi connectivity index (χ2v) is 5.33. The summed E-state index contributed by atoms with van der Waals surface area (Å²) in [4.78, 5) is 34.3. The Balaban J connectivity index is 1.97. The Hall–Kier alpha value is -3.42. The molecule has 25 heavy (non-hydrogen) atoms. The van der Waals surface area contributed by atoms with E-state index in [1.165, 1.54) is 6.20 Å². The number of carboxylic acid groups (broad SMARTS) is 1. The molecule has 4 N–H and O–H groups in total. The van der Waals surface area contributed by atoms with Crippen molar-refractivity contribution >= 4 is 28.7 Å². The van der Waals surface area contributed by atoms with Crippen molar-refractivity contribution in [1.29, 1.82) is 0 Å². The van der Waals surface area contributed by atoms with Gasteiger partial charge in [0.15, 0.2) is 0 Å². The monoisotopic (exact) mass is 339 g/mol. The van der Waals surface area contributed by atoms with E-state index >= 15 is 0 Å².